The zero-order valence-corrected chi connectivity index (χ0v) is 9.29. The van der Waals surface area contributed by atoms with Gasteiger partial charge in [0.2, 0.25) is 15.0 Å². The van der Waals surface area contributed by atoms with E-state index < -0.39 is 9.84 Å². The van der Waals surface area contributed by atoms with Gasteiger partial charge in [-0.3, -0.25) is 0 Å². The van der Waals surface area contributed by atoms with E-state index in [1.807, 2.05) is 0 Å². The first-order chi connectivity index (χ1) is 7.05. The number of hydrogen-bond acceptors (Lipinski definition) is 5. The molecule has 1 aromatic rings. The van der Waals surface area contributed by atoms with Gasteiger partial charge in [-0.1, -0.05) is 0 Å². The van der Waals surface area contributed by atoms with Crippen LogP contribution >= 0.6 is 0 Å². The van der Waals surface area contributed by atoms with Crippen LogP contribution in [0.15, 0.2) is 17.4 Å². The zero-order valence-electron chi connectivity index (χ0n) is 8.47. The molecule has 0 saturated heterocycles. The normalized spacial score (nSPS) is 17.1. The van der Waals surface area contributed by atoms with Crippen LogP contribution in [0.5, 0.6) is 0 Å². The molecule has 0 spiro atoms. The van der Waals surface area contributed by atoms with Gasteiger partial charge in [-0.15, -0.1) is 0 Å². The molecule has 0 radical (unpaired) electrons. The quantitative estimate of drug-likeness (QED) is 0.775. The summed E-state index contributed by atoms with van der Waals surface area (Å²) in [5.41, 5.74) is 0. The predicted molar refractivity (Wildman–Crippen MR) is 56.4 cm³/mol. The van der Waals surface area contributed by atoms with Crippen molar-refractivity contribution in [3.63, 3.8) is 0 Å². The monoisotopic (exact) mass is 227 g/mol. The van der Waals surface area contributed by atoms with Crippen molar-refractivity contribution < 1.29 is 8.42 Å². The van der Waals surface area contributed by atoms with E-state index in [1.54, 1.807) is 6.07 Å². The molecule has 5 nitrogen and oxygen atoms in total. The van der Waals surface area contributed by atoms with Gasteiger partial charge in [-0.2, -0.15) is 0 Å². The number of anilines is 1. The van der Waals surface area contributed by atoms with Gasteiger partial charge >= 0.3 is 0 Å². The van der Waals surface area contributed by atoms with Gasteiger partial charge in [-0.05, 0) is 25.3 Å². The first-order valence-corrected chi connectivity index (χ1v) is 6.74. The van der Waals surface area contributed by atoms with Crippen LogP contribution in [0.3, 0.4) is 0 Å². The molecule has 1 aliphatic carbocycles. The maximum absolute atomic E-state index is 11.2. The number of rotatable bonds is 3. The van der Waals surface area contributed by atoms with Crippen LogP contribution < -0.4 is 5.32 Å². The highest BCUT2D eigenvalue weighted by Gasteiger charge is 2.18. The second kappa shape index (κ2) is 3.77. The molecule has 1 N–H and O–H groups in total. The van der Waals surface area contributed by atoms with Gasteiger partial charge in [0, 0.05) is 18.5 Å². The van der Waals surface area contributed by atoms with Gasteiger partial charge < -0.3 is 5.32 Å². The number of sulfone groups is 1. The molecule has 0 amide bonds. The number of aromatic nitrogens is 2. The summed E-state index contributed by atoms with van der Waals surface area (Å²) < 4.78 is 22.4. The molecule has 1 saturated carbocycles. The van der Waals surface area contributed by atoms with Crippen molar-refractivity contribution in [3.05, 3.63) is 12.3 Å². The van der Waals surface area contributed by atoms with Crippen molar-refractivity contribution in [2.24, 2.45) is 0 Å². The molecule has 0 atom stereocenters. The summed E-state index contributed by atoms with van der Waals surface area (Å²) in [6, 6.07) is 2.12. The average molecular weight is 227 g/mol. The van der Waals surface area contributed by atoms with E-state index in [0.717, 1.165) is 19.1 Å². The van der Waals surface area contributed by atoms with Crippen LogP contribution in [-0.2, 0) is 9.84 Å². The first kappa shape index (κ1) is 10.4. The van der Waals surface area contributed by atoms with Crippen molar-refractivity contribution in [2.45, 2.75) is 30.5 Å². The number of nitrogens with one attached hydrogen (secondary N) is 1. The molecule has 6 heteroatoms. The molecular weight excluding hydrogens is 214 g/mol. The lowest BCUT2D eigenvalue weighted by Crippen LogP contribution is -2.27. The van der Waals surface area contributed by atoms with E-state index in [0.29, 0.717) is 11.9 Å². The van der Waals surface area contributed by atoms with Crippen molar-refractivity contribution in [1.82, 2.24) is 9.97 Å². The first-order valence-electron chi connectivity index (χ1n) is 4.85. The van der Waals surface area contributed by atoms with Crippen LogP contribution in [0.4, 0.5) is 5.82 Å². The maximum Gasteiger partial charge on any atom is 0.248 e. The molecule has 0 aromatic carbocycles. The largest absolute Gasteiger partial charge is 0.367 e. The van der Waals surface area contributed by atoms with E-state index in [-0.39, 0.29) is 5.16 Å². The van der Waals surface area contributed by atoms with E-state index >= 15 is 0 Å². The fraction of sp³-hybridized carbons (Fsp3) is 0.556. The standard InChI is InChI=1S/C9H13N3O2S/c1-15(13,14)9-10-6-5-8(12-9)11-7-3-2-4-7/h5-7H,2-4H2,1H3,(H,10,11,12). The van der Waals surface area contributed by atoms with Gasteiger partial charge in [0.25, 0.3) is 0 Å². The Hall–Kier alpha value is -1.17. The molecule has 0 unspecified atom stereocenters. The Morgan fingerprint density at radius 1 is 1.47 bits per heavy atom. The van der Waals surface area contributed by atoms with Crippen molar-refractivity contribution in [2.75, 3.05) is 11.6 Å². The van der Waals surface area contributed by atoms with Gasteiger partial charge in [0.1, 0.15) is 5.82 Å². The Balaban J connectivity index is 2.18. The van der Waals surface area contributed by atoms with Gasteiger partial charge in [0.05, 0.1) is 0 Å². The second-order valence-corrected chi connectivity index (χ2v) is 5.68. The highest BCUT2D eigenvalue weighted by atomic mass is 32.2. The maximum atomic E-state index is 11.2. The van der Waals surface area contributed by atoms with Crippen LogP contribution in [-0.4, -0.2) is 30.7 Å². The van der Waals surface area contributed by atoms with E-state index in [9.17, 15) is 8.42 Å². The average Bonchev–Trinajstić information content (AvgIpc) is 2.11. The van der Waals surface area contributed by atoms with Gasteiger partial charge in [-0.25, -0.2) is 18.4 Å². The van der Waals surface area contributed by atoms with Crippen LogP contribution in [0, 0.1) is 0 Å². The third kappa shape index (κ3) is 2.44. The highest BCUT2D eigenvalue weighted by Crippen LogP contribution is 2.22. The molecule has 1 aliphatic rings. The minimum absolute atomic E-state index is 0.119. The van der Waals surface area contributed by atoms with Crippen molar-refractivity contribution in [1.29, 1.82) is 0 Å². The Bertz CT molecular complexity index is 454. The Kier molecular flexibility index (Phi) is 2.60. The Morgan fingerprint density at radius 2 is 2.20 bits per heavy atom. The van der Waals surface area contributed by atoms with E-state index in [2.05, 4.69) is 15.3 Å². The van der Waals surface area contributed by atoms with Crippen LogP contribution in [0.1, 0.15) is 19.3 Å². The lowest BCUT2D eigenvalue weighted by atomic mass is 9.93. The molecule has 0 aliphatic heterocycles. The lowest BCUT2D eigenvalue weighted by molar-refractivity contribution is 0.444. The Labute approximate surface area is 88.9 Å². The summed E-state index contributed by atoms with van der Waals surface area (Å²) >= 11 is 0. The lowest BCUT2D eigenvalue weighted by Gasteiger charge is -2.26. The molecule has 0 bridgehead atoms. The molecule has 1 fully saturated rings. The number of nitrogens with zero attached hydrogens (tertiary/aromatic N) is 2. The third-order valence-corrected chi connectivity index (χ3v) is 3.28. The number of hydrogen-bond donors (Lipinski definition) is 1. The van der Waals surface area contributed by atoms with E-state index in [1.165, 1.54) is 12.6 Å². The van der Waals surface area contributed by atoms with Crippen LogP contribution in [0.25, 0.3) is 0 Å². The van der Waals surface area contributed by atoms with Crippen molar-refractivity contribution in [3.8, 4) is 0 Å². The summed E-state index contributed by atoms with van der Waals surface area (Å²) in [4.78, 5) is 7.68. The molecule has 1 heterocycles. The fourth-order valence-electron chi connectivity index (χ4n) is 1.36. The van der Waals surface area contributed by atoms with E-state index in [4.69, 9.17) is 0 Å². The molecule has 82 valence electrons. The topological polar surface area (TPSA) is 72.0 Å². The minimum atomic E-state index is -3.31. The summed E-state index contributed by atoms with van der Waals surface area (Å²) in [5, 5.41) is 3.06. The van der Waals surface area contributed by atoms with Gasteiger partial charge in [0.15, 0.2) is 0 Å². The summed E-state index contributed by atoms with van der Waals surface area (Å²) in [7, 11) is -3.31. The molecule has 2 rings (SSSR count). The molecule has 1 aromatic heterocycles. The SMILES string of the molecule is CS(=O)(=O)c1nccc(NC2CCC2)n1. The van der Waals surface area contributed by atoms with Crippen molar-refractivity contribution >= 4 is 15.7 Å². The summed E-state index contributed by atoms with van der Waals surface area (Å²) in [5.74, 6) is 0.593. The minimum Gasteiger partial charge on any atom is -0.367 e. The predicted octanol–water partition coefficient (Wildman–Crippen LogP) is 0.845. The smallest absolute Gasteiger partial charge is 0.248 e. The molecule has 15 heavy (non-hydrogen) atoms. The zero-order chi connectivity index (χ0) is 10.9. The van der Waals surface area contributed by atoms with Crippen LogP contribution in [0.2, 0.25) is 0 Å². The summed E-state index contributed by atoms with van der Waals surface area (Å²) in [6.07, 6.45) is 6.04. The molecular formula is C9H13N3O2S. The second-order valence-electron chi connectivity index (χ2n) is 3.77. The Morgan fingerprint density at radius 3 is 2.73 bits per heavy atom. The fourth-order valence-corrected chi connectivity index (χ4v) is 1.88. The summed E-state index contributed by atoms with van der Waals surface area (Å²) in [6.45, 7) is 0. The highest BCUT2D eigenvalue weighted by molar-refractivity contribution is 7.90. The third-order valence-electron chi connectivity index (χ3n) is 2.42.